The molecule has 2 nitrogen and oxygen atoms in total. The van der Waals surface area contributed by atoms with Gasteiger partial charge >= 0.3 is 0 Å². The van der Waals surface area contributed by atoms with Gasteiger partial charge in [0.15, 0.2) is 0 Å². The van der Waals surface area contributed by atoms with E-state index in [0.717, 1.165) is 24.6 Å². The van der Waals surface area contributed by atoms with Gasteiger partial charge in [0, 0.05) is 24.2 Å². The van der Waals surface area contributed by atoms with Crippen molar-refractivity contribution in [2.24, 2.45) is 0 Å². The molecule has 0 bridgehead atoms. The van der Waals surface area contributed by atoms with Crippen LogP contribution >= 0.6 is 11.6 Å². The van der Waals surface area contributed by atoms with Gasteiger partial charge in [0.05, 0.1) is 6.10 Å². The van der Waals surface area contributed by atoms with Crippen molar-refractivity contribution in [2.45, 2.75) is 52.2 Å². The van der Waals surface area contributed by atoms with E-state index in [0.29, 0.717) is 6.04 Å². The van der Waals surface area contributed by atoms with Crippen molar-refractivity contribution in [1.82, 2.24) is 5.32 Å². The van der Waals surface area contributed by atoms with Crippen molar-refractivity contribution < 1.29 is 4.74 Å². The summed E-state index contributed by atoms with van der Waals surface area (Å²) >= 11 is 5.93. The number of hydrogen-bond donors (Lipinski definition) is 1. The lowest BCUT2D eigenvalue weighted by Crippen LogP contribution is -2.29. The van der Waals surface area contributed by atoms with Gasteiger partial charge in [0.1, 0.15) is 0 Å². The molecule has 1 atom stereocenters. The molecule has 0 saturated heterocycles. The number of halogens is 1. The third-order valence-corrected chi connectivity index (χ3v) is 3.27. The molecular weight excluding hydrogens is 258 g/mol. The molecule has 3 heteroatoms. The molecule has 0 aromatic heterocycles. The van der Waals surface area contributed by atoms with E-state index >= 15 is 0 Å². The van der Waals surface area contributed by atoms with Gasteiger partial charge in [-0.2, -0.15) is 0 Å². The summed E-state index contributed by atoms with van der Waals surface area (Å²) in [7, 11) is 0. The molecule has 0 radical (unpaired) electrons. The molecule has 0 fully saturated rings. The second-order valence-corrected chi connectivity index (χ2v) is 5.62. The van der Waals surface area contributed by atoms with Crippen molar-refractivity contribution in [1.29, 1.82) is 0 Å². The number of hydrogen-bond acceptors (Lipinski definition) is 2. The van der Waals surface area contributed by atoms with Crippen molar-refractivity contribution in [3.8, 4) is 0 Å². The van der Waals surface area contributed by atoms with E-state index in [1.54, 1.807) is 0 Å². The van der Waals surface area contributed by atoms with Crippen LogP contribution in [0.25, 0.3) is 0 Å². The lowest BCUT2D eigenvalue weighted by Gasteiger charge is -2.20. The van der Waals surface area contributed by atoms with Crippen LogP contribution in [-0.4, -0.2) is 19.2 Å². The SMILES string of the molecule is CCCCCOC(CNC(C)C)c1ccc(Cl)cc1. The fourth-order valence-corrected chi connectivity index (χ4v) is 2.00. The van der Waals surface area contributed by atoms with Gasteiger partial charge in [-0.1, -0.05) is 57.3 Å². The first-order valence-corrected chi connectivity index (χ1v) is 7.61. The Morgan fingerprint density at radius 1 is 1.16 bits per heavy atom. The summed E-state index contributed by atoms with van der Waals surface area (Å²) in [5.41, 5.74) is 1.19. The Balaban J connectivity index is 2.54. The monoisotopic (exact) mass is 283 g/mol. The summed E-state index contributed by atoms with van der Waals surface area (Å²) in [6.45, 7) is 8.16. The van der Waals surface area contributed by atoms with E-state index in [2.05, 4.69) is 38.2 Å². The van der Waals surface area contributed by atoms with Crippen molar-refractivity contribution in [3.05, 3.63) is 34.9 Å². The molecule has 0 aliphatic rings. The maximum Gasteiger partial charge on any atom is 0.0949 e. The molecule has 0 aliphatic heterocycles. The lowest BCUT2D eigenvalue weighted by molar-refractivity contribution is 0.0487. The standard InChI is InChI=1S/C16H26ClNO/c1-4-5-6-11-19-16(12-18-13(2)3)14-7-9-15(17)10-8-14/h7-10,13,16,18H,4-6,11-12H2,1-3H3. The van der Waals surface area contributed by atoms with Crippen LogP contribution in [0, 0.1) is 0 Å². The number of benzene rings is 1. The van der Waals surface area contributed by atoms with Gasteiger partial charge in [0.2, 0.25) is 0 Å². The Morgan fingerprint density at radius 2 is 1.84 bits per heavy atom. The Hall–Kier alpha value is -0.570. The van der Waals surface area contributed by atoms with Crippen LogP contribution in [0.4, 0.5) is 0 Å². The van der Waals surface area contributed by atoms with E-state index in [1.807, 2.05) is 12.1 Å². The van der Waals surface area contributed by atoms with Gasteiger partial charge in [-0.05, 0) is 24.1 Å². The van der Waals surface area contributed by atoms with E-state index in [1.165, 1.54) is 18.4 Å². The predicted octanol–water partition coefficient (Wildman–Crippen LogP) is 4.59. The van der Waals surface area contributed by atoms with Gasteiger partial charge in [0.25, 0.3) is 0 Å². The molecular formula is C16H26ClNO. The summed E-state index contributed by atoms with van der Waals surface area (Å²) in [6.07, 6.45) is 3.68. The minimum Gasteiger partial charge on any atom is -0.372 e. The van der Waals surface area contributed by atoms with Gasteiger partial charge in [-0.25, -0.2) is 0 Å². The molecule has 0 heterocycles. The molecule has 108 valence electrons. The lowest BCUT2D eigenvalue weighted by atomic mass is 10.1. The van der Waals surface area contributed by atoms with Crippen LogP contribution in [0.1, 0.15) is 51.7 Å². The summed E-state index contributed by atoms with van der Waals surface area (Å²) in [4.78, 5) is 0. The van der Waals surface area contributed by atoms with Crippen LogP contribution in [0.3, 0.4) is 0 Å². The summed E-state index contributed by atoms with van der Waals surface area (Å²) in [6, 6.07) is 8.42. The molecule has 0 amide bonds. The Labute approximate surface area is 122 Å². The topological polar surface area (TPSA) is 21.3 Å². The van der Waals surface area contributed by atoms with Crippen LogP contribution < -0.4 is 5.32 Å². The van der Waals surface area contributed by atoms with Crippen LogP contribution in [0.15, 0.2) is 24.3 Å². The summed E-state index contributed by atoms with van der Waals surface area (Å²) in [5.74, 6) is 0. The third kappa shape index (κ3) is 6.95. The van der Waals surface area contributed by atoms with Gasteiger partial charge in [-0.3, -0.25) is 0 Å². The molecule has 0 spiro atoms. The highest BCUT2D eigenvalue weighted by Gasteiger charge is 2.12. The number of ether oxygens (including phenoxy) is 1. The van der Waals surface area contributed by atoms with E-state index in [9.17, 15) is 0 Å². The Bertz CT molecular complexity index is 337. The molecule has 19 heavy (non-hydrogen) atoms. The molecule has 1 aromatic rings. The molecule has 1 N–H and O–H groups in total. The van der Waals surface area contributed by atoms with Crippen molar-refractivity contribution in [2.75, 3.05) is 13.2 Å². The normalized spacial score (nSPS) is 12.9. The Morgan fingerprint density at radius 3 is 2.42 bits per heavy atom. The molecule has 0 saturated carbocycles. The van der Waals surface area contributed by atoms with E-state index in [4.69, 9.17) is 16.3 Å². The zero-order chi connectivity index (χ0) is 14.1. The largest absolute Gasteiger partial charge is 0.372 e. The molecule has 0 aliphatic carbocycles. The smallest absolute Gasteiger partial charge is 0.0949 e. The highest BCUT2D eigenvalue weighted by atomic mass is 35.5. The van der Waals surface area contributed by atoms with E-state index < -0.39 is 0 Å². The quantitative estimate of drug-likeness (QED) is 0.670. The fourth-order valence-electron chi connectivity index (χ4n) is 1.87. The van der Waals surface area contributed by atoms with Crippen LogP contribution in [-0.2, 0) is 4.74 Å². The van der Waals surface area contributed by atoms with Crippen LogP contribution in [0.2, 0.25) is 5.02 Å². The summed E-state index contributed by atoms with van der Waals surface area (Å²) < 4.78 is 6.01. The van der Waals surface area contributed by atoms with E-state index in [-0.39, 0.29) is 6.10 Å². The average molecular weight is 284 g/mol. The Kier molecular flexibility index (Phi) is 8.11. The number of unbranched alkanes of at least 4 members (excludes halogenated alkanes) is 2. The molecule has 1 unspecified atom stereocenters. The molecule has 1 rings (SSSR count). The second-order valence-electron chi connectivity index (χ2n) is 5.18. The van der Waals surface area contributed by atoms with Crippen LogP contribution in [0.5, 0.6) is 0 Å². The zero-order valence-corrected chi connectivity index (χ0v) is 13.0. The third-order valence-electron chi connectivity index (χ3n) is 3.02. The second kappa shape index (κ2) is 9.35. The predicted molar refractivity (Wildman–Crippen MR) is 82.8 cm³/mol. The highest BCUT2D eigenvalue weighted by Crippen LogP contribution is 2.20. The maximum atomic E-state index is 6.01. The van der Waals surface area contributed by atoms with Crippen molar-refractivity contribution >= 4 is 11.6 Å². The van der Waals surface area contributed by atoms with Gasteiger partial charge in [-0.15, -0.1) is 0 Å². The van der Waals surface area contributed by atoms with Gasteiger partial charge < -0.3 is 10.1 Å². The number of rotatable bonds is 9. The summed E-state index contributed by atoms with van der Waals surface area (Å²) in [5, 5.41) is 4.21. The highest BCUT2D eigenvalue weighted by molar-refractivity contribution is 6.30. The minimum absolute atomic E-state index is 0.108. The first-order valence-electron chi connectivity index (χ1n) is 7.24. The fraction of sp³-hybridized carbons (Fsp3) is 0.625. The van der Waals surface area contributed by atoms with Crippen molar-refractivity contribution in [3.63, 3.8) is 0 Å². The zero-order valence-electron chi connectivity index (χ0n) is 12.3. The molecule has 1 aromatic carbocycles. The average Bonchev–Trinajstić information content (AvgIpc) is 2.39. The minimum atomic E-state index is 0.108. The number of nitrogens with one attached hydrogen (secondary N) is 1. The maximum absolute atomic E-state index is 6.01. The first-order chi connectivity index (χ1) is 9.13. The first kappa shape index (κ1) is 16.5.